The Labute approximate surface area is 190 Å². The summed E-state index contributed by atoms with van der Waals surface area (Å²) < 4.78 is 10.8. The summed E-state index contributed by atoms with van der Waals surface area (Å²) in [5.41, 5.74) is 2.74. The average molecular weight is 448 g/mol. The van der Waals surface area contributed by atoms with Crippen LogP contribution < -0.4 is 10.1 Å². The Morgan fingerprint density at radius 3 is 2.73 bits per heavy atom. The van der Waals surface area contributed by atoms with Gasteiger partial charge in [0.05, 0.1) is 22.3 Å². The number of rotatable bonds is 4. The fourth-order valence-corrected chi connectivity index (χ4v) is 4.38. The van der Waals surface area contributed by atoms with Gasteiger partial charge < -0.3 is 19.5 Å². The smallest absolute Gasteiger partial charge is 0.265 e. The van der Waals surface area contributed by atoms with E-state index < -0.39 is 6.10 Å². The summed E-state index contributed by atoms with van der Waals surface area (Å²) in [5, 5.41) is 7.53. The molecule has 1 unspecified atom stereocenters. The van der Waals surface area contributed by atoms with Crippen molar-refractivity contribution in [2.45, 2.75) is 39.2 Å². The highest BCUT2D eigenvalue weighted by Gasteiger charge is 2.30. The lowest BCUT2D eigenvalue weighted by molar-refractivity contribution is -0.122. The van der Waals surface area contributed by atoms with Gasteiger partial charge in [0.15, 0.2) is 11.9 Å². The maximum Gasteiger partial charge on any atom is 0.265 e. The number of likely N-dealkylation sites (tertiary alicyclic amines) is 1. The molecule has 9 heteroatoms. The Morgan fingerprint density at radius 1 is 1.18 bits per heavy atom. The SMILES string of the molecule is CCc1noc2ncc(C(=O)N3CCC(C(=O)c4ccc5c(c4)NC(=O)C(C)O5)CC3)cc12. The zero-order valence-corrected chi connectivity index (χ0v) is 18.5. The van der Waals surface area contributed by atoms with Crippen LogP contribution in [0.2, 0.25) is 0 Å². The number of carbonyl (C=O) groups excluding carboxylic acids is 3. The molecule has 1 aromatic carbocycles. The van der Waals surface area contributed by atoms with E-state index in [-0.39, 0.29) is 23.5 Å². The summed E-state index contributed by atoms with van der Waals surface area (Å²) in [4.78, 5) is 44.0. The monoisotopic (exact) mass is 448 g/mol. The number of nitrogens with one attached hydrogen (secondary N) is 1. The number of hydrogen-bond acceptors (Lipinski definition) is 7. The Hall–Kier alpha value is -3.75. The second kappa shape index (κ2) is 8.31. The number of nitrogens with zero attached hydrogens (tertiary/aromatic N) is 3. The van der Waals surface area contributed by atoms with E-state index in [4.69, 9.17) is 9.26 Å². The van der Waals surface area contributed by atoms with Gasteiger partial charge in [-0.1, -0.05) is 12.1 Å². The van der Waals surface area contributed by atoms with Gasteiger partial charge in [-0.15, -0.1) is 0 Å². The number of carbonyl (C=O) groups is 3. The number of hydrogen-bond donors (Lipinski definition) is 1. The van der Waals surface area contributed by atoms with Crippen molar-refractivity contribution < 1.29 is 23.6 Å². The molecule has 0 spiro atoms. The van der Waals surface area contributed by atoms with Gasteiger partial charge in [-0.3, -0.25) is 14.4 Å². The van der Waals surface area contributed by atoms with E-state index in [0.717, 1.165) is 11.1 Å². The molecule has 0 radical (unpaired) electrons. The molecule has 0 saturated carbocycles. The van der Waals surface area contributed by atoms with Crippen molar-refractivity contribution in [3.63, 3.8) is 0 Å². The van der Waals surface area contributed by atoms with E-state index in [0.29, 0.717) is 60.6 Å². The molecule has 2 amide bonds. The van der Waals surface area contributed by atoms with Gasteiger partial charge in [-0.25, -0.2) is 4.98 Å². The van der Waals surface area contributed by atoms with Gasteiger partial charge in [0, 0.05) is 30.8 Å². The molecule has 2 aliphatic heterocycles. The van der Waals surface area contributed by atoms with Crippen LogP contribution in [0.25, 0.3) is 11.1 Å². The molecule has 9 nitrogen and oxygen atoms in total. The summed E-state index contributed by atoms with van der Waals surface area (Å²) in [6.07, 6.45) is 2.79. The molecule has 3 aromatic rings. The lowest BCUT2D eigenvalue weighted by Crippen LogP contribution is -2.40. The summed E-state index contributed by atoms with van der Waals surface area (Å²) in [7, 11) is 0. The average Bonchev–Trinajstić information content (AvgIpc) is 3.26. The number of ether oxygens (including phenoxy) is 1. The number of Topliss-reactive ketones (excluding diaryl/α,β-unsaturated/α-hetero) is 1. The third-order valence-electron chi connectivity index (χ3n) is 6.33. The van der Waals surface area contributed by atoms with E-state index in [1.54, 1.807) is 36.1 Å². The highest BCUT2D eigenvalue weighted by Crippen LogP contribution is 2.32. The highest BCUT2D eigenvalue weighted by molar-refractivity contribution is 6.03. The summed E-state index contributed by atoms with van der Waals surface area (Å²) in [5.74, 6) is 0.0448. The normalized spacial score (nSPS) is 18.5. The molecule has 2 aliphatic rings. The van der Waals surface area contributed by atoms with Crippen molar-refractivity contribution in [1.82, 2.24) is 15.0 Å². The van der Waals surface area contributed by atoms with Crippen LogP contribution >= 0.6 is 0 Å². The third kappa shape index (κ3) is 3.83. The number of benzene rings is 1. The second-order valence-corrected chi connectivity index (χ2v) is 8.45. The van der Waals surface area contributed by atoms with Gasteiger partial charge in [0.25, 0.3) is 17.5 Å². The molecule has 1 fully saturated rings. The van der Waals surface area contributed by atoms with Crippen LogP contribution in [0.1, 0.15) is 53.1 Å². The maximum atomic E-state index is 13.1. The molecular weight excluding hydrogens is 424 g/mol. The quantitative estimate of drug-likeness (QED) is 0.609. The number of amides is 2. The van der Waals surface area contributed by atoms with Gasteiger partial charge in [-0.05, 0) is 50.5 Å². The van der Waals surface area contributed by atoms with Crippen LogP contribution in [0.15, 0.2) is 35.0 Å². The minimum Gasteiger partial charge on any atom is -0.479 e. The lowest BCUT2D eigenvalue weighted by atomic mass is 9.88. The van der Waals surface area contributed by atoms with E-state index in [1.165, 1.54) is 6.20 Å². The van der Waals surface area contributed by atoms with Gasteiger partial charge in [0.1, 0.15) is 5.75 Å². The molecular formula is C24H24N4O5. The van der Waals surface area contributed by atoms with Crippen LogP contribution in [0.5, 0.6) is 5.75 Å². The van der Waals surface area contributed by atoms with Crippen molar-refractivity contribution in [2.24, 2.45) is 5.92 Å². The molecule has 5 rings (SSSR count). The van der Waals surface area contributed by atoms with Gasteiger partial charge >= 0.3 is 0 Å². The first kappa shape index (κ1) is 21.1. The van der Waals surface area contributed by atoms with Gasteiger partial charge in [0.2, 0.25) is 0 Å². The molecule has 0 aliphatic carbocycles. The maximum absolute atomic E-state index is 13.1. The predicted molar refractivity (Wildman–Crippen MR) is 119 cm³/mol. The van der Waals surface area contributed by atoms with Crippen molar-refractivity contribution in [2.75, 3.05) is 18.4 Å². The first-order chi connectivity index (χ1) is 15.9. The van der Waals surface area contributed by atoms with Crippen LogP contribution in [-0.4, -0.2) is 51.8 Å². The van der Waals surface area contributed by atoms with Crippen LogP contribution in [0, 0.1) is 5.92 Å². The fourth-order valence-electron chi connectivity index (χ4n) is 4.38. The summed E-state index contributed by atoms with van der Waals surface area (Å²) in [6, 6.07) is 6.90. The van der Waals surface area contributed by atoms with Crippen molar-refractivity contribution >= 4 is 34.4 Å². The first-order valence-corrected chi connectivity index (χ1v) is 11.1. The molecule has 1 N–H and O–H groups in total. The minimum absolute atomic E-state index is 0.0120. The molecule has 1 saturated heterocycles. The first-order valence-electron chi connectivity index (χ1n) is 11.1. The Bertz CT molecular complexity index is 1260. The Morgan fingerprint density at radius 2 is 1.97 bits per heavy atom. The van der Waals surface area contributed by atoms with Crippen molar-refractivity contribution in [3.05, 3.63) is 47.3 Å². The number of piperidine rings is 1. The molecule has 1 atom stereocenters. The number of pyridine rings is 1. The molecule has 4 heterocycles. The number of aromatic nitrogens is 2. The van der Waals surface area contributed by atoms with E-state index in [9.17, 15) is 14.4 Å². The highest BCUT2D eigenvalue weighted by atomic mass is 16.5. The standard InChI is InChI=1S/C24H24N4O5/c1-3-18-17-10-16(12-25-23(17)33-27-18)24(31)28-8-6-14(7-9-28)21(29)15-4-5-20-19(11-15)26-22(30)13(2)32-20/h4-5,10-14H,3,6-9H2,1-2H3,(H,26,30). The van der Waals surface area contributed by atoms with E-state index in [1.807, 2.05) is 6.92 Å². The minimum atomic E-state index is -0.560. The number of ketones is 1. The fraction of sp³-hybridized carbons (Fsp3) is 0.375. The Kier molecular flexibility index (Phi) is 5.32. The van der Waals surface area contributed by atoms with Crippen LogP contribution in [-0.2, 0) is 11.2 Å². The summed E-state index contributed by atoms with van der Waals surface area (Å²) >= 11 is 0. The largest absolute Gasteiger partial charge is 0.479 e. The van der Waals surface area contributed by atoms with Gasteiger partial charge in [-0.2, -0.15) is 0 Å². The topological polar surface area (TPSA) is 115 Å². The summed E-state index contributed by atoms with van der Waals surface area (Å²) in [6.45, 7) is 4.62. The zero-order valence-electron chi connectivity index (χ0n) is 18.5. The van der Waals surface area contributed by atoms with Crippen molar-refractivity contribution in [3.8, 4) is 5.75 Å². The number of aryl methyl sites for hydroxylation is 1. The molecule has 2 aromatic heterocycles. The van der Waals surface area contributed by atoms with Crippen LogP contribution in [0.3, 0.4) is 0 Å². The lowest BCUT2D eigenvalue weighted by Gasteiger charge is -2.31. The van der Waals surface area contributed by atoms with Crippen LogP contribution in [0.4, 0.5) is 5.69 Å². The van der Waals surface area contributed by atoms with E-state index >= 15 is 0 Å². The molecule has 33 heavy (non-hydrogen) atoms. The van der Waals surface area contributed by atoms with Crippen molar-refractivity contribution in [1.29, 1.82) is 0 Å². The second-order valence-electron chi connectivity index (χ2n) is 8.45. The zero-order chi connectivity index (χ0) is 23.1. The number of fused-ring (bicyclic) bond motifs is 2. The Balaban J connectivity index is 1.25. The van der Waals surface area contributed by atoms with E-state index in [2.05, 4.69) is 15.5 Å². The predicted octanol–water partition coefficient (Wildman–Crippen LogP) is 3.24. The third-order valence-corrected chi connectivity index (χ3v) is 6.33. The number of anilines is 1. The molecule has 0 bridgehead atoms. The molecule has 170 valence electrons.